The zero-order valence-corrected chi connectivity index (χ0v) is 17.3. The van der Waals surface area contributed by atoms with Crippen molar-refractivity contribution >= 4 is 17.7 Å². The zero-order valence-electron chi connectivity index (χ0n) is 17.3. The first-order valence-corrected chi connectivity index (χ1v) is 9.80. The fraction of sp³-hybridized carbons (Fsp3) is 0.571. The van der Waals surface area contributed by atoms with Gasteiger partial charge >= 0.3 is 0 Å². The molecule has 3 N–H and O–H groups in total. The molecule has 1 aromatic rings. The van der Waals surface area contributed by atoms with E-state index in [0.29, 0.717) is 0 Å². The van der Waals surface area contributed by atoms with Crippen LogP contribution in [0, 0.1) is 0 Å². The molecule has 0 aliphatic rings. The Hall–Kier alpha value is -2.37. The summed E-state index contributed by atoms with van der Waals surface area (Å²) in [6.45, 7) is 11.6. The van der Waals surface area contributed by atoms with E-state index in [1.54, 1.807) is 18.2 Å². The standard InChI is InChI=1S/C21H33N3O3/c1-7-13(4)22-19(25)16-11-10-12-17(20(26)23-14(5)8-2)18(16)21(27)24-15(6)9-3/h10-15H,7-9H2,1-6H3,(H,22,25)(H,23,26)(H,24,27). The molecular formula is C21H33N3O3. The van der Waals surface area contributed by atoms with Gasteiger partial charge in [-0.05, 0) is 52.2 Å². The number of hydrogen-bond donors (Lipinski definition) is 3. The maximum Gasteiger partial charge on any atom is 0.253 e. The number of nitrogens with one attached hydrogen (secondary N) is 3. The van der Waals surface area contributed by atoms with Crippen LogP contribution in [0.3, 0.4) is 0 Å². The summed E-state index contributed by atoms with van der Waals surface area (Å²) in [6, 6.07) is 4.69. The number of carbonyl (C=O) groups is 3. The van der Waals surface area contributed by atoms with E-state index in [2.05, 4.69) is 16.0 Å². The Labute approximate surface area is 162 Å². The molecule has 0 aromatic heterocycles. The second kappa shape index (κ2) is 10.7. The summed E-state index contributed by atoms with van der Waals surface area (Å²) >= 11 is 0. The largest absolute Gasteiger partial charge is 0.350 e. The van der Waals surface area contributed by atoms with E-state index in [0.717, 1.165) is 19.3 Å². The molecule has 0 saturated carbocycles. The van der Waals surface area contributed by atoms with Crippen LogP contribution in [0.2, 0.25) is 0 Å². The van der Waals surface area contributed by atoms with Gasteiger partial charge in [-0.1, -0.05) is 26.8 Å². The fourth-order valence-electron chi connectivity index (χ4n) is 2.38. The summed E-state index contributed by atoms with van der Waals surface area (Å²) in [4.78, 5) is 38.4. The smallest absolute Gasteiger partial charge is 0.253 e. The van der Waals surface area contributed by atoms with Crippen LogP contribution < -0.4 is 16.0 Å². The minimum Gasteiger partial charge on any atom is -0.350 e. The first-order valence-electron chi connectivity index (χ1n) is 9.80. The van der Waals surface area contributed by atoms with Gasteiger partial charge in [0.1, 0.15) is 0 Å². The second-order valence-corrected chi connectivity index (χ2v) is 7.08. The fourth-order valence-corrected chi connectivity index (χ4v) is 2.38. The highest BCUT2D eigenvalue weighted by atomic mass is 16.2. The van der Waals surface area contributed by atoms with E-state index < -0.39 is 5.91 Å². The van der Waals surface area contributed by atoms with Crippen molar-refractivity contribution in [2.24, 2.45) is 0 Å². The van der Waals surface area contributed by atoms with Crippen LogP contribution in [0.4, 0.5) is 0 Å². The molecule has 0 aliphatic carbocycles. The maximum atomic E-state index is 12.9. The third-order valence-corrected chi connectivity index (χ3v) is 4.75. The van der Waals surface area contributed by atoms with E-state index in [9.17, 15) is 14.4 Å². The molecule has 1 aromatic carbocycles. The van der Waals surface area contributed by atoms with Crippen LogP contribution in [0.15, 0.2) is 18.2 Å². The number of rotatable bonds is 9. The van der Waals surface area contributed by atoms with Crippen molar-refractivity contribution in [2.75, 3.05) is 0 Å². The molecule has 0 fully saturated rings. The molecule has 27 heavy (non-hydrogen) atoms. The average molecular weight is 376 g/mol. The first kappa shape index (κ1) is 22.7. The molecule has 3 unspecified atom stereocenters. The van der Waals surface area contributed by atoms with Crippen LogP contribution in [-0.4, -0.2) is 35.8 Å². The molecule has 3 amide bonds. The van der Waals surface area contributed by atoms with Crippen LogP contribution in [0.25, 0.3) is 0 Å². The van der Waals surface area contributed by atoms with Gasteiger partial charge in [-0.25, -0.2) is 0 Å². The quantitative estimate of drug-likeness (QED) is 0.619. The minimum absolute atomic E-state index is 0.0272. The van der Waals surface area contributed by atoms with Gasteiger partial charge in [0.2, 0.25) is 0 Å². The Bertz CT molecular complexity index is 630. The van der Waals surface area contributed by atoms with E-state index in [1.165, 1.54) is 0 Å². The van der Waals surface area contributed by atoms with Crippen LogP contribution in [0.1, 0.15) is 91.9 Å². The van der Waals surface area contributed by atoms with Crippen LogP contribution >= 0.6 is 0 Å². The third kappa shape index (κ3) is 6.38. The lowest BCUT2D eigenvalue weighted by Gasteiger charge is -2.19. The number of carbonyl (C=O) groups excluding carboxylic acids is 3. The van der Waals surface area contributed by atoms with Crippen molar-refractivity contribution in [3.63, 3.8) is 0 Å². The van der Waals surface area contributed by atoms with E-state index in [-0.39, 0.29) is 46.6 Å². The Morgan fingerprint density at radius 1 is 0.704 bits per heavy atom. The predicted molar refractivity (Wildman–Crippen MR) is 108 cm³/mol. The van der Waals surface area contributed by atoms with Crippen molar-refractivity contribution in [1.82, 2.24) is 16.0 Å². The first-order chi connectivity index (χ1) is 12.7. The molecular weight excluding hydrogens is 342 g/mol. The molecule has 0 saturated heterocycles. The molecule has 0 spiro atoms. The Balaban J connectivity index is 3.37. The van der Waals surface area contributed by atoms with Crippen LogP contribution in [-0.2, 0) is 0 Å². The molecule has 0 heterocycles. The van der Waals surface area contributed by atoms with Crippen molar-refractivity contribution in [1.29, 1.82) is 0 Å². The van der Waals surface area contributed by atoms with Crippen molar-refractivity contribution in [3.8, 4) is 0 Å². The van der Waals surface area contributed by atoms with Gasteiger partial charge < -0.3 is 16.0 Å². The lowest BCUT2D eigenvalue weighted by atomic mass is 9.97. The Morgan fingerprint density at radius 2 is 1.04 bits per heavy atom. The molecule has 3 atom stereocenters. The van der Waals surface area contributed by atoms with Gasteiger partial charge in [-0.3, -0.25) is 14.4 Å². The Morgan fingerprint density at radius 3 is 1.37 bits per heavy atom. The van der Waals surface area contributed by atoms with Crippen molar-refractivity contribution in [2.45, 2.75) is 78.9 Å². The summed E-state index contributed by atoms with van der Waals surface area (Å²) in [5.41, 5.74) is 0.556. The monoisotopic (exact) mass is 375 g/mol. The maximum absolute atomic E-state index is 12.9. The summed E-state index contributed by atoms with van der Waals surface area (Å²) in [5.74, 6) is -1.11. The molecule has 0 aliphatic heterocycles. The zero-order chi connectivity index (χ0) is 20.6. The van der Waals surface area contributed by atoms with Crippen molar-refractivity contribution < 1.29 is 14.4 Å². The number of amides is 3. The normalized spacial score (nSPS) is 14.0. The Kier molecular flexibility index (Phi) is 8.98. The summed E-state index contributed by atoms with van der Waals surface area (Å²) in [6.07, 6.45) is 2.30. The molecule has 0 radical (unpaired) electrons. The van der Waals surface area contributed by atoms with E-state index in [1.807, 2.05) is 41.5 Å². The molecule has 6 heteroatoms. The van der Waals surface area contributed by atoms with Gasteiger partial charge in [-0.2, -0.15) is 0 Å². The lowest BCUT2D eigenvalue weighted by Crippen LogP contribution is -2.39. The molecule has 6 nitrogen and oxygen atoms in total. The lowest BCUT2D eigenvalue weighted by molar-refractivity contribution is 0.0890. The summed E-state index contributed by atoms with van der Waals surface area (Å²) in [5, 5.41) is 8.62. The topological polar surface area (TPSA) is 87.3 Å². The van der Waals surface area contributed by atoms with Gasteiger partial charge in [0.15, 0.2) is 0 Å². The van der Waals surface area contributed by atoms with Gasteiger partial charge in [0.05, 0.1) is 16.7 Å². The van der Waals surface area contributed by atoms with Gasteiger partial charge in [0.25, 0.3) is 17.7 Å². The summed E-state index contributed by atoms with van der Waals surface area (Å²) in [7, 11) is 0. The highest BCUT2D eigenvalue weighted by Crippen LogP contribution is 2.17. The minimum atomic E-state index is -0.409. The highest BCUT2D eigenvalue weighted by molar-refractivity contribution is 6.14. The molecule has 150 valence electrons. The second-order valence-electron chi connectivity index (χ2n) is 7.08. The van der Waals surface area contributed by atoms with Crippen LogP contribution in [0.5, 0.6) is 0 Å². The SMILES string of the molecule is CCC(C)NC(=O)c1cccc(C(=O)NC(C)CC)c1C(=O)NC(C)CC. The average Bonchev–Trinajstić information content (AvgIpc) is 2.66. The predicted octanol–water partition coefficient (Wildman–Crippen LogP) is 3.27. The number of hydrogen-bond acceptors (Lipinski definition) is 3. The third-order valence-electron chi connectivity index (χ3n) is 4.75. The molecule has 0 bridgehead atoms. The highest BCUT2D eigenvalue weighted by Gasteiger charge is 2.25. The van der Waals surface area contributed by atoms with E-state index in [4.69, 9.17) is 0 Å². The van der Waals surface area contributed by atoms with Crippen molar-refractivity contribution in [3.05, 3.63) is 34.9 Å². The number of benzene rings is 1. The van der Waals surface area contributed by atoms with E-state index >= 15 is 0 Å². The van der Waals surface area contributed by atoms with Gasteiger partial charge in [0, 0.05) is 18.1 Å². The summed E-state index contributed by atoms with van der Waals surface area (Å²) < 4.78 is 0. The van der Waals surface area contributed by atoms with Gasteiger partial charge in [-0.15, -0.1) is 0 Å². The molecule has 1 rings (SSSR count).